The van der Waals surface area contributed by atoms with E-state index >= 15 is 0 Å². The molecular weight excluding hydrogens is 258 g/mol. The van der Waals surface area contributed by atoms with E-state index in [1.54, 1.807) is 10.9 Å². The third kappa shape index (κ3) is 2.45. The minimum absolute atomic E-state index is 0.0987. The van der Waals surface area contributed by atoms with Gasteiger partial charge < -0.3 is 9.52 Å². The van der Waals surface area contributed by atoms with Crippen LogP contribution in [0.5, 0.6) is 0 Å². The van der Waals surface area contributed by atoms with Crippen LogP contribution in [0.3, 0.4) is 0 Å². The van der Waals surface area contributed by atoms with Gasteiger partial charge in [-0.15, -0.1) is 0 Å². The van der Waals surface area contributed by atoms with E-state index in [1.165, 1.54) is 0 Å². The number of rotatable bonds is 3. The maximum Gasteiger partial charge on any atom is 0.373 e. The van der Waals surface area contributed by atoms with Crippen molar-refractivity contribution in [2.45, 2.75) is 39.5 Å². The van der Waals surface area contributed by atoms with Gasteiger partial charge >= 0.3 is 5.97 Å². The fourth-order valence-electron chi connectivity index (χ4n) is 2.06. The first-order valence-corrected chi connectivity index (χ1v) is 6.51. The molecule has 6 heteroatoms. The first-order valence-electron chi connectivity index (χ1n) is 6.51. The van der Waals surface area contributed by atoms with Crippen molar-refractivity contribution < 1.29 is 14.3 Å². The molecule has 6 nitrogen and oxygen atoms in total. The number of carbonyl (C=O) groups is 1. The zero-order valence-electron chi connectivity index (χ0n) is 12.4. The lowest BCUT2D eigenvalue weighted by molar-refractivity contribution is 0.0659. The Morgan fingerprint density at radius 3 is 2.55 bits per heavy atom. The Morgan fingerprint density at radius 1 is 1.45 bits per heavy atom. The van der Waals surface area contributed by atoms with Crippen LogP contribution >= 0.6 is 0 Å². The molecule has 0 atom stereocenters. The SMILES string of the molecule is CCc1nn(C)cc1-c1nc(C(C)(C)C)c(C(=O)O)o1. The third-order valence-electron chi connectivity index (χ3n) is 3.00. The van der Waals surface area contributed by atoms with Gasteiger partial charge in [0, 0.05) is 18.7 Å². The molecule has 2 aromatic heterocycles. The van der Waals surface area contributed by atoms with Crippen molar-refractivity contribution in [3.8, 4) is 11.5 Å². The summed E-state index contributed by atoms with van der Waals surface area (Å²) in [6.07, 6.45) is 2.52. The molecule has 0 aliphatic carbocycles. The zero-order chi connectivity index (χ0) is 15.1. The third-order valence-corrected chi connectivity index (χ3v) is 3.00. The van der Waals surface area contributed by atoms with E-state index in [9.17, 15) is 9.90 Å². The smallest absolute Gasteiger partial charge is 0.373 e. The van der Waals surface area contributed by atoms with Gasteiger partial charge in [0.05, 0.1) is 11.3 Å². The standard InChI is InChI=1S/C14H19N3O3/c1-6-9-8(7-17(5)16-9)12-15-11(14(2,3)4)10(20-12)13(18)19/h7H,6H2,1-5H3,(H,18,19). The minimum atomic E-state index is -1.10. The van der Waals surface area contributed by atoms with Gasteiger partial charge in [0.15, 0.2) is 0 Å². The number of carboxylic acids is 1. The number of aryl methyl sites for hydroxylation is 2. The van der Waals surface area contributed by atoms with Crippen LogP contribution in [-0.2, 0) is 18.9 Å². The number of hydrogen-bond acceptors (Lipinski definition) is 4. The van der Waals surface area contributed by atoms with Crippen molar-refractivity contribution in [1.29, 1.82) is 0 Å². The molecule has 0 radical (unpaired) electrons. The van der Waals surface area contributed by atoms with Crippen LogP contribution in [0.2, 0.25) is 0 Å². The van der Waals surface area contributed by atoms with Gasteiger partial charge in [-0.3, -0.25) is 4.68 Å². The lowest BCUT2D eigenvalue weighted by Crippen LogP contribution is -2.16. The highest BCUT2D eigenvalue weighted by molar-refractivity contribution is 5.86. The van der Waals surface area contributed by atoms with Gasteiger partial charge in [0.1, 0.15) is 5.69 Å². The predicted molar refractivity (Wildman–Crippen MR) is 73.7 cm³/mol. The van der Waals surface area contributed by atoms with E-state index in [-0.39, 0.29) is 5.76 Å². The van der Waals surface area contributed by atoms with Crippen LogP contribution in [0.1, 0.15) is 49.6 Å². The van der Waals surface area contributed by atoms with Crippen molar-refractivity contribution in [1.82, 2.24) is 14.8 Å². The zero-order valence-corrected chi connectivity index (χ0v) is 12.4. The highest BCUT2D eigenvalue weighted by Crippen LogP contribution is 2.31. The lowest BCUT2D eigenvalue weighted by atomic mass is 9.91. The number of nitrogens with zero attached hydrogens (tertiary/aromatic N) is 3. The quantitative estimate of drug-likeness (QED) is 0.932. The second kappa shape index (κ2) is 4.77. The number of hydrogen-bond donors (Lipinski definition) is 1. The molecule has 0 saturated heterocycles. The summed E-state index contributed by atoms with van der Waals surface area (Å²) in [6, 6.07) is 0. The number of oxazole rings is 1. The first-order chi connectivity index (χ1) is 9.24. The molecule has 1 N–H and O–H groups in total. The lowest BCUT2D eigenvalue weighted by Gasteiger charge is -2.14. The largest absolute Gasteiger partial charge is 0.475 e. The van der Waals surface area contributed by atoms with Crippen molar-refractivity contribution in [2.24, 2.45) is 7.05 Å². The van der Waals surface area contributed by atoms with Crippen LogP contribution in [-0.4, -0.2) is 25.8 Å². The van der Waals surface area contributed by atoms with E-state index in [0.29, 0.717) is 11.6 Å². The van der Waals surface area contributed by atoms with Crippen LogP contribution < -0.4 is 0 Å². The van der Waals surface area contributed by atoms with E-state index < -0.39 is 11.4 Å². The molecule has 0 saturated carbocycles. The summed E-state index contributed by atoms with van der Waals surface area (Å²) in [5, 5.41) is 13.6. The molecule has 0 amide bonds. The number of carboxylic acid groups (broad SMARTS) is 1. The van der Waals surface area contributed by atoms with Gasteiger partial charge in [0.2, 0.25) is 11.7 Å². The van der Waals surface area contributed by atoms with Crippen molar-refractivity contribution in [3.05, 3.63) is 23.3 Å². The number of aromatic nitrogens is 3. The molecular formula is C14H19N3O3. The molecule has 0 aliphatic heterocycles. The molecule has 0 unspecified atom stereocenters. The average molecular weight is 277 g/mol. The Morgan fingerprint density at radius 2 is 2.10 bits per heavy atom. The summed E-state index contributed by atoms with van der Waals surface area (Å²) < 4.78 is 7.16. The molecule has 0 fully saturated rings. The Labute approximate surface area is 117 Å². The Balaban J connectivity index is 2.62. The maximum absolute atomic E-state index is 11.3. The summed E-state index contributed by atoms with van der Waals surface area (Å²) in [5.74, 6) is -0.883. The fraction of sp³-hybridized carbons (Fsp3) is 0.500. The molecule has 2 aromatic rings. The van der Waals surface area contributed by atoms with E-state index in [2.05, 4.69) is 10.1 Å². The molecule has 108 valence electrons. The molecule has 2 heterocycles. The van der Waals surface area contributed by atoms with E-state index in [1.807, 2.05) is 34.7 Å². The average Bonchev–Trinajstić information content (AvgIpc) is 2.90. The fourth-order valence-corrected chi connectivity index (χ4v) is 2.06. The minimum Gasteiger partial charge on any atom is -0.475 e. The summed E-state index contributed by atoms with van der Waals surface area (Å²) in [4.78, 5) is 15.7. The van der Waals surface area contributed by atoms with Gasteiger partial charge in [0.25, 0.3) is 0 Å². The van der Waals surface area contributed by atoms with Gasteiger partial charge in [-0.25, -0.2) is 9.78 Å². The highest BCUT2D eigenvalue weighted by Gasteiger charge is 2.30. The predicted octanol–water partition coefficient (Wildman–Crippen LogP) is 2.63. The molecule has 2 rings (SSSR count). The van der Waals surface area contributed by atoms with Crippen molar-refractivity contribution >= 4 is 5.97 Å². The van der Waals surface area contributed by atoms with Crippen LogP contribution in [0.25, 0.3) is 11.5 Å². The molecule has 20 heavy (non-hydrogen) atoms. The Bertz CT molecular complexity index is 647. The number of aromatic carboxylic acids is 1. The molecule has 0 aromatic carbocycles. The Hall–Kier alpha value is -2.11. The molecule has 0 bridgehead atoms. The van der Waals surface area contributed by atoms with E-state index in [0.717, 1.165) is 17.7 Å². The normalized spacial score (nSPS) is 11.8. The van der Waals surface area contributed by atoms with E-state index in [4.69, 9.17) is 4.42 Å². The van der Waals surface area contributed by atoms with Gasteiger partial charge in [-0.1, -0.05) is 27.7 Å². The second-order valence-electron chi connectivity index (χ2n) is 5.77. The Kier molecular flexibility index (Phi) is 3.41. The highest BCUT2D eigenvalue weighted by atomic mass is 16.4. The van der Waals surface area contributed by atoms with Gasteiger partial charge in [-0.2, -0.15) is 5.10 Å². The summed E-state index contributed by atoms with van der Waals surface area (Å²) in [5.41, 5.74) is 1.63. The van der Waals surface area contributed by atoms with Crippen LogP contribution in [0.4, 0.5) is 0 Å². The summed E-state index contributed by atoms with van der Waals surface area (Å²) >= 11 is 0. The molecule has 0 aliphatic rings. The molecule has 0 spiro atoms. The summed E-state index contributed by atoms with van der Waals surface area (Å²) in [7, 11) is 1.81. The van der Waals surface area contributed by atoms with Crippen LogP contribution in [0.15, 0.2) is 10.6 Å². The topological polar surface area (TPSA) is 81.2 Å². The monoisotopic (exact) mass is 277 g/mol. The van der Waals surface area contributed by atoms with Crippen molar-refractivity contribution in [2.75, 3.05) is 0 Å². The van der Waals surface area contributed by atoms with Crippen molar-refractivity contribution in [3.63, 3.8) is 0 Å². The summed E-state index contributed by atoms with van der Waals surface area (Å²) in [6.45, 7) is 7.71. The van der Waals surface area contributed by atoms with Crippen LogP contribution in [0, 0.1) is 0 Å². The van der Waals surface area contributed by atoms with Gasteiger partial charge in [-0.05, 0) is 6.42 Å². The first kappa shape index (κ1) is 14.3. The second-order valence-corrected chi connectivity index (χ2v) is 5.77. The maximum atomic E-state index is 11.3.